The highest BCUT2D eigenvalue weighted by Gasteiger charge is 2.38. The summed E-state index contributed by atoms with van der Waals surface area (Å²) in [6.07, 6.45) is 2.95. The van der Waals surface area contributed by atoms with Crippen LogP contribution in [0, 0.1) is 0 Å². The zero-order chi connectivity index (χ0) is 25.6. The molecule has 0 spiro atoms. The number of nitrogens with one attached hydrogen (secondary N) is 1. The van der Waals surface area contributed by atoms with E-state index in [1.54, 1.807) is 0 Å². The lowest BCUT2D eigenvalue weighted by Gasteiger charge is -2.31. The molecule has 2 aliphatic rings. The van der Waals surface area contributed by atoms with Crippen LogP contribution in [-0.2, 0) is 4.79 Å². The third-order valence-corrected chi connectivity index (χ3v) is 7.68. The number of thioether (sulfide) groups is 1. The van der Waals surface area contributed by atoms with Crippen LogP contribution < -0.4 is 4.90 Å². The van der Waals surface area contributed by atoms with Crippen LogP contribution in [0.4, 0.5) is 18.9 Å². The van der Waals surface area contributed by atoms with Crippen molar-refractivity contribution in [2.45, 2.75) is 67.3 Å². The van der Waals surface area contributed by atoms with Crippen molar-refractivity contribution in [3.05, 3.63) is 34.5 Å². The van der Waals surface area contributed by atoms with Crippen LogP contribution in [-0.4, -0.2) is 62.1 Å². The van der Waals surface area contributed by atoms with Gasteiger partial charge < -0.3 is 15.1 Å². The minimum atomic E-state index is -5.08. The molecule has 2 heterocycles. The zero-order valence-electron chi connectivity index (χ0n) is 18.7. The molecule has 4 rings (SSSR count). The van der Waals surface area contributed by atoms with E-state index in [9.17, 15) is 23.1 Å². The van der Waals surface area contributed by atoms with E-state index in [0.717, 1.165) is 43.8 Å². The molecule has 0 bridgehead atoms. The maximum absolute atomic E-state index is 11.2. The van der Waals surface area contributed by atoms with Gasteiger partial charge in [0.1, 0.15) is 0 Å². The minimum absolute atomic E-state index is 0.0900. The quantitative estimate of drug-likeness (QED) is 0.453. The van der Waals surface area contributed by atoms with Gasteiger partial charge in [-0.1, -0.05) is 34.6 Å². The number of aromatic amines is 1. The Morgan fingerprint density at radius 1 is 1.09 bits per heavy atom. The van der Waals surface area contributed by atoms with Crippen molar-refractivity contribution in [1.29, 1.82) is 0 Å². The Balaban J connectivity index is 0.000000429. The van der Waals surface area contributed by atoms with E-state index in [4.69, 9.17) is 21.5 Å². The van der Waals surface area contributed by atoms with E-state index in [0.29, 0.717) is 16.2 Å². The summed E-state index contributed by atoms with van der Waals surface area (Å²) in [4.78, 5) is 22.5. The standard InChI is InChI=1S/C20H25ClN4O2S.C2HF3O2/c21-16-12-14(6-9-17(16)25-10-2-1-3-11-25)13-4-7-15(8-5-13)28-19-18(20(26)27)22-24-23-19;3-2(4,5)1(6)7/h6,9,12-13,15H,1-5,7-8,10-11H2,(H,26,27)(H,22,23,24);(H,6,7)/t13-,15+;. The number of benzene rings is 1. The van der Waals surface area contributed by atoms with Crippen LogP contribution in [0.2, 0.25) is 5.02 Å². The first-order valence-corrected chi connectivity index (χ1v) is 12.5. The largest absolute Gasteiger partial charge is 0.490 e. The molecule has 1 aromatic heterocycles. The number of alkyl halides is 3. The summed E-state index contributed by atoms with van der Waals surface area (Å²) in [5.41, 5.74) is 2.58. The molecule has 0 unspecified atom stereocenters. The number of aromatic carboxylic acids is 1. The second-order valence-corrected chi connectivity index (χ2v) is 10.1. The Kier molecular flexibility index (Phi) is 9.28. The molecule has 1 aromatic carbocycles. The summed E-state index contributed by atoms with van der Waals surface area (Å²) in [5, 5.41) is 28.1. The molecular weight excluding hydrogens is 509 g/mol. The van der Waals surface area contributed by atoms with E-state index in [1.807, 2.05) is 0 Å². The molecule has 1 saturated heterocycles. The average Bonchev–Trinajstić information content (AvgIpc) is 3.28. The zero-order valence-corrected chi connectivity index (χ0v) is 20.3. The number of aromatic nitrogens is 3. The Morgan fingerprint density at radius 2 is 1.71 bits per heavy atom. The first kappa shape index (κ1) is 27.1. The van der Waals surface area contributed by atoms with E-state index >= 15 is 0 Å². The number of carboxylic acid groups (broad SMARTS) is 2. The number of rotatable bonds is 5. The molecular formula is C22H26ClF3N4O4S. The third kappa shape index (κ3) is 7.50. The Hall–Kier alpha value is -2.47. The van der Waals surface area contributed by atoms with E-state index in [1.165, 1.54) is 42.3 Å². The summed E-state index contributed by atoms with van der Waals surface area (Å²) < 4.78 is 31.7. The number of aliphatic carboxylic acids is 1. The van der Waals surface area contributed by atoms with Crippen molar-refractivity contribution in [2.24, 2.45) is 0 Å². The Bertz CT molecular complexity index is 1020. The predicted octanol–water partition coefficient (Wildman–Crippen LogP) is 5.60. The molecule has 3 N–H and O–H groups in total. The smallest absolute Gasteiger partial charge is 0.476 e. The molecule has 0 radical (unpaired) electrons. The Labute approximate surface area is 209 Å². The van der Waals surface area contributed by atoms with Gasteiger partial charge in [-0.3, -0.25) is 5.10 Å². The summed E-state index contributed by atoms with van der Waals surface area (Å²) in [6.45, 7) is 2.20. The lowest BCUT2D eigenvalue weighted by atomic mass is 9.84. The van der Waals surface area contributed by atoms with Gasteiger partial charge in [-0.05, 0) is 68.6 Å². The molecule has 2 fully saturated rings. The maximum atomic E-state index is 11.2. The van der Waals surface area contributed by atoms with Gasteiger partial charge in [-0.15, -0.1) is 5.10 Å². The number of H-pyrrole nitrogens is 1. The molecule has 2 aromatic rings. The summed E-state index contributed by atoms with van der Waals surface area (Å²) in [5.74, 6) is -3.25. The molecule has 1 aliphatic carbocycles. The summed E-state index contributed by atoms with van der Waals surface area (Å²) >= 11 is 8.16. The summed E-state index contributed by atoms with van der Waals surface area (Å²) in [7, 11) is 0. The number of hydrogen-bond acceptors (Lipinski definition) is 6. The Morgan fingerprint density at radius 3 is 2.26 bits per heavy atom. The fourth-order valence-electron chi connectivity index (χ4n) is 4.28. The van der Waals surface area contributed by atoms with Crippen LogP contribution in [0.15, 0.2) is 23.2 Å². The number of halogens is 4. The SMILES string of the molecule is O=C(O)C(F)(F)F.O=C(O)c1[nH]nnc1S[C@H]1CC[C@@H](c2ccc(N3CCCCC3)c(Cl)c2)CC1. The first-order chi connectivity index (χ1) is 16.6. The highest BCUT2D eigenvalue weighted by molar-refractivity contribution is 7.99. The third-order valence-electron chi connectivity index (χ3n) is 6.07. The van der Waals surface area contributed by atoms with E-state index < -0.39 is 18.1 Å². The van der Waals surface area contributed by atoms with Gasteiger partial charge >= 0.3 is 18.1 Å². The number of anilines is 1. The van der Waals surface area contributed by atoms with Crippen LogP contribution in [0.1, 0.15) is 66.9 Å². The fourth-order valence-corrected chi connectivity index (χ4v) is 5.75. The lowest BCUT2D eigenvalue weighted by Crippen LogP contribution is -2.29. The van der Waals surface area contributed by atoms with Gasteiger partial charge in [-0.25, -0.2) is 9.59 Å². The van der Waals surface area contributed by atoms with Gasteiger partial charge in [-0.2, -0.15) is 13.2 Å². The average molecular weight is 535 g/mol. The van der Waals surface area contributed by atoms with Crippen molar-refractivity contribution < 1.29 is 33.0 Å². The van der Waals surface area contributed by atoms with Crippen molar-refractivity contribution in [1.82, 2.24) is 15.4 Å². The van der Waals surface area contributed by atoms with Crippen LogP contribution in [0.5, 0.6) is 0 Å². The molecule has 0 amide bonds. The highest BCUT2D eigenvalue weighted by atomic mass is 35.5. The van der Waals surface area contributed by atoms with Crippen LogP contribution >= 0.6 is 23.4 Å². The summed E-state index contributed by atoms with van der Waals surface area (Å²) in [6, 6.07) is 6.59. The molecule has 35 heavy (non-hydrogen) atoms. The van der Waals surface area contributed by atoms with Gasteiger partial charge in [0.25, 0.3) is 0 Å². The molecule has 1 saturated carbocycles. The molecule has 192 valence electrons. The number of nitrogens with zero attached hydrogens (tertiary/aromatic N) is 3. The number of carboxylic acids is 2. The van der Waals surface area contributed by atoms with E-state index in [-0.39, 0.29) is 5.69 Å². The second kappa shape index (κ2) is 12.0. The number of carbonyl (C=O) groups is 2. The molecule has 1 aliphatic heterocycles. The maximum Gasteiger partial charge on any atom is 0.490 e. The lowest BCUT2D eigenvalue weighted by molar-refractivity contribution is -0.192. The van der Waals surface area contributed by atoms with Gasteiger partial charge in [0.2, 0.25) is 0 Å². The van der Waals surface area contributed by atoms with Crippen LogP contribution in [0.3, 0.4) is 0 Å². The number of hydrogen-bond donors (Lipinski definition) is 3. The van der Waals surface area contributed by atoms with Gasteiger partial charge in [0, 0.05) is 18.3 Å². The van der Waals surface area contributed by atoms with Crippen molar-refractivity contribution >= 4 is 41.0 Å². The molecule has 8 nitrogen and oxygen atoms in total. The van der Waals surface area contributed by atoms with Gasteiger partial charge in [0.15, 0.2) is 10.7 Å². The highest BCUT2D eigenvalue weighted by Crippen LogP contribution is 2.41. The number of piperidine rings is 1. The monoisotopic (exact) mass is 534 g/mol. The molecule has 13 heteroatoms. The van der Waals surface area contributed by atoms with E-state index in [2.05, 4.69) is 38.5 Å². The molecule has 0 atom stereocenters. The van der Waals surface area contributed by atoms with Gasteiger partial charge in [0.05, 0.1) is 10.7 Å². The fraction of sp³-hybridized carbons (Fsp3) is 0.545. The minimum Gasteiger partial charge on any atom is -0.476 e. The first-order valence-electron chi connectivity index (χ1n) is 11.2. The normalized spacial score (nSPS) is 20.6. The van der Waals surface area contributed by atoms with Crippen molar-refractivity contribution in [2.75, 3.05) is 18.0 Å². The second-order valence-electron chi connectivity index (χ2n) is 8.45. The van der Waals surface area contributed by atoms with Crippen molar-refractivity contribution in [3.8, 4) is 0 Å². The van der Waals surface area contributed by atoms with Crippen molar-refractivity contribution in [3.63, 3.8) is 0 Å². The predicted molar refractivity (Wildman–Crippen MR) is 125 cm³/mol. The topological polar surface area (TPSA) is 119 Å². The van der Waals surface area contributed by atoms with Crippen LogP contribution in [0.25, 0.3) is 0 Å².